The van der Waals surface area contributed by atoms with Crippen LogP contribution < -0.4 is 5.56 Å². The van der Waals surface area contributed by atoms with Crippen LogP contribution in [0.3, 0.4) is 0 Å². The third-order valence-electron chi connectivity index (χ3n) is 2.90. The van der Waals surface area contributed by atoms with E-state index in [1.807, 2.05) is 30.3 Å². The lowest BCUT2D eigenvalue weighted by Gasteiger charge is -2.13. The first-order valence-corrected chi connectivity index (χ1v) is 7.32. The molecule has 0 fully saturated rings. The van der Waals surface area contributed by atoms with Crippen LogP contribution >= 0.6 is 15.9 Å². The standard InChI is InChI=1S/C15H15BrN2O3/c1-3-21-12(19)9-18-14(11-7-5-4-6-8-11)17-10(2)13(16)15(18)20/h4-8H,3,9H2,1-2H3. The second-order valence-corrected chi connectivity index (χ2v) is 5.19. The molecule has 0 N–H and O–H groups in total. The largest absolute Gasteiger partial charge is 0.465 e. The molecule has 2 rings (SSSR count). The van der Waals surface area contributed by atoms with Gasteiger partial charge in [0.25, 0.3) is 5.56 Å². The van der Waals surface area contributed by atoms with Crippen molar-refractivity contribution < 1.29 is 9.53 Å². The number of carbonyl (C=O) groups is 1. The van der Waals surface area contributed by atoms with Crippen molar-refractivity contribution >= 4 is 21.9 Å². The molecule has 0 bridgehead atoms. The van der Waals surface area contributed by atoms with Crippen molar-refractivity contribution in [2.75, 3.05) is 6.61 Å². The molecule has 0 amide bonds. The van der Waals surface area contributed by atoms with Crippen LogP contribution in [0, 0.1) is 6.92 Å². The summed E-state index contributed by atoms with van der Waals surface area (Å²) >= 11 is 3.22. The maximum absolute atomic E-state index is 12.4. The Morgan fingerprint density at radius 2 is 2.00 bits per heavy atom. The highest BCUT2D eigenvalue weighted by atomic mass is 79.9. The highest BCUT2D eigenvalue weighted by Gasteiger charge is 2.16. The number of rotatable bonds is 4. The highest BCUT2D eigenvalue weighted by molar-refractivity contribution is 9.10. The van der Waals surface area contributed by atoms with Gasteiger partial charge in [-0.3, -0.25) is 14.2 Å². The van der Waals surface area contributed by atoms with Gasteiger partial charge >= 0.3 is 5.97 Å². The first-order valence-electron chi connectivity index (χ1n) is 6.52. The molecule has 1 aromatic carbocycles. The first-order chi connectivity index (χ1) is 10.0. The molecule has 2 aromatic rings. The van der Waals surface area contributed by atoms with Gasteiger partial charge in [0.2, 0.25) is 0 Å². The molecule has 0 aliphatic heterocycles. The minimum absolute atomic E-state index is 0.164. The van der Waals surface area contributed by atoms with Crippen LogP contribution in [-0.2, 0) is 16.1 Å². The van der Waals surface area contributed by atoms with Crippen molar-refractivity contribution in [2.24, 2.45) is 0 Å². The van der Waals surface area contributed by atoms with Crippen LogP contribution in [-0.4, -0.2) is 22.1 Å². The van der Waals surface area contributed by atoms with Gasteiger partial charge in [0.15, 0.2) is 0 Å². The normalized spacial score (nSPS) is 10.4. The van der Waals surface area contributed by atoms with Gasteiger partial charge in [-0.1, -0.05) is 30.3 Å². The third kappa shape index (κ3) is 3.39. The maximum Gasteiger partial charge on any atom is 0.326 e. The van der Waals surface area contributed by atoms with Crippen LogP contribution in [0.25, 0.3) is 11.4 Å². The van der Waals surface area contributed by atoms with E-state index in [2.05, 4.69) is 20.9 Å². The monoisotopic (exact) mass is 350 g/mol. The zero-order chi connectivity index (χ0) is 15.4. The molecule has 1 heterocycles. The van der Waals surface area contributed by atoms with E-state index in [4.69, 9.17) is 4.74 Å². The van der Waals surface area contributed by atoms with Crippen LogP contribution in [0.2, 0.25) is 0 Å². The Morgan fingerprint density at radius 1 is 1.33 bits per heavy atom. The summed E-state index contributed by atoms with van der Waals surface area (Å²) in [5.74, 6) is -0.0105. The molecule has 0 spiro atoms. The Labute approximate surface area is 130 Å². The molecule has 110 valence electrons. The summed E-state index contributed by atoms with van der Waals surface area (Å²) in [5.41, 5.74) is 1.06. The Hall–Kier alpha value is -1.95. The molecular weight excluding hydrogens is 336 g/mol. The van der Waals surface area contributed by atoms with Crippen LogP contribution in [0.15, 0.2) is 39.6 Å². The smallest absolute Gasteiger partial charge is 0.326 e. The zero-order valence-electron chi connectivity index (χ0n) is 11.8. The van der Waals surface area contributed by atoms with E-state index in [0.29, 0.717) is 16.0 Å². The van der Waals surface area contributed by atoms with E-state index >= 15 is 0 Å². The van der Waals surface area contributed by atoms with Crippen LogP contribution in [0.5, 0.6) is 0 Å². The second kappa shape index (κ2) is 6.67. The average Bonchev–Trinajstić information content (AvgIpc) is 2.49. The number of halogens is 1. The topological polar surface area (TPSA) is 61.2 Å². The minimum atomic E-state index is -0.464. The van der Waals surface area contributed by atoms with Crippen molar-refractivity contribution in [1.29, 1.82) is 0 Å². The molecule has 0 aliphatic carbocycles. The number of hydrogen-bond acceptors (Lipinski definition) is 4. The predicted molar refractivity (Wildman–Crippen MR) is 83.0 cm³/mol. The number of carbonyl (C=O) groups excluding carboxylic acids is 1. The van der Waals surface area contributed by atoms with Crippen molar-refractivity contribution in [2.45, 2.75) is 20.4 Å². The van der Waals surface area contributed by atoms with E-state index < -0.39 is 5.97 Å². The summed E-state index contributed by atoms with van der Waals surface area (Å²) in [4.78, 5) is 28.5. The maximum atomic E-state index is 12.4. The summed E-state index contributed by atoms with van der Waals surface area (Å²) in [6, 6.07) is 9.28. The fourth-order valence-corrected chi connectivity index (χ4v) is 2.23. The summed E-state index contributed by atoms with van der Waals surface area (Å²) in [7, 11) is 0. The predicted octanol–water partition coefficient (Wildman–Crippen LogP) is 2.54. The van der Waals surface area contributed by atoms with Gasteiger partial charge in [-0.05, 0) is 29.8 Å². The molecule has 6 heteroatoms. The lowest BCUT2D eigenvalue weighted by molar-refractivity contribution is -0.143. The molecular formula is C15H15BrN2O3. The van der Waals surface area contributed by atoms with E-state index in [1.54, 1.807) is 13.8 Å². The SMILES string of the molecule is CCOC(=O)Cn1c(-c2ccccc2)nc(C)c(Br)c1=O. The molecule has 21 heavy (non-hydrogen) atoms. The van der Waals surface area contributed by atoms with Crippen LogP contribution in [0.1, 0.15) is 12.6 Å². The van der Waals surface area contributed by atoms with Crippen molar-refractivity contribution in [3.63, 3.8) is 0 Å². The molecule has 0 atom stereocenters. The molecule has 0 radical (unpaired) electrons. The summed E-state index contributed by atoms with van der Waals surface area (Å²) in [5, 5.41) is 0. The van der Waals surface area contributed by atoms with E-state index in [9.17, 15) is 9.59 Å². The third-order valence-corrected chi connectivity index (χ3v) is 3.82. The van der Waals surface area contributed by atoms with Gasteiger partial charge in [-0.25, -0.2) is 4.98 Å². The molecule has 0 saturated carbocycles. The van der Waals surface area contributed by atoms with E-state index in [-0.39, 0.29) is 18.7 Å². The molecule has 1 aromatic heterocycles. The van der Waals surface area contributed by atoms with Gasteiger partial charge in [0, 0.05) is 5.56 Å². The Kier molecular flexibility index (Phi) is 4.90. The summed E-state index contributed by atoms with van der Waals surface area (Å²) in [6.45, 7) is 3.58. The number of esters is 1. The Bertz CT molecular complexity index is 711. The number of benzene rings is 1. The van der Waals surface area contributed by atoms with Gasteiger partial charge in [-0.2, -0.15) is 0 Å². The van der Waals surface area contributed by atoms with Crippen molar-refractivity contribution in [3.8, 4) is 11.4 Å². The lowest BCUT2D eigenvalue weighted by Crippen LogP contribution is -2.29. The van der Waals surface area contributed by atoms with Crippen molar-refractivity contribution in [1.82, 2.24) is 9.55 Å². The summed E-state index contributed by atoms with van der Waals surface area (Å²) < 4.78 is 6.60. The quantitative estimate of drug-likeness (QED) is 0.795. The first kappa shape index (κ1) is 15.4. The summed E-state index contributed by atoms with van der Waals surface area (Å²) in [6.07, 6.45) is 0. The molecule has 5 nitrogen and oxygen atoms in total. The number of nitrogens with zero attached hydrogens (tertiary/aromatic N) is 2. The van der Waals surface area contributed by atoms with E-state index in [1.165, 1.54) is 4.57 Å². The van der Waals surface area contributed by atoms with Gasteiger partial charge in [0.05, 0.1) is 12.3 Å². The highest BCUT2D eigenvalue weighted by Crippen LogP contribution is 2.18. The Balaban J connectivity index is 2.58. The fraction of sp³-hybridized carbons (Fsp3) is 0.267. The van der Waals surface area contributed by atoms with Crippen molar-refractivity contribution in [3.05, 3.63) is 50.9 Å². The molecule has 0 unspecified atom stereocenters. The zero-order valence-corrected chi connectivity index (χ0v) is 13.4. The lowest BCUT2D eigenvalue weighted by atomic mass is 10.2. The molecule has 0 saturated heterocycles. The van der Waals surface area contributed by atoms with Crippen LogP contribution in [0.4, 0.5) is 0 Å². The minimum Gasteiger partial charge on any atom is -0.465 e. The number of aryl methyl sites for hydroxylation is 1. The second-order valence-electron chi connectivity index (χ2n) is 4.40. The molecule has 0 aliphatic rings. The number of ether oxygens (including phenoxy) is 1. The van der Waals surface area contributed by atoms with Gasteiger partial charge in [0.1, 0.15) is 16.8 Å². The number of aromatic nitrogens is 2. The number of hydrogen-bond donors (Lipinski definition) is 0. The van der Waals surface area contributed by atoms with Gasteiger partial charge < -0.3 is 4.74 Å². The average molecular weight is 351 g/mol. The Morgan fingerprint density at radius 3 is 2.62 bits per heavy atom. The fourth-order valence-electron chi connectivity index (χ4n) is 1.93. The van der Waals surface area contributed by atoms with E-state index in [0.717, 1.165) is 5.56 Å². The van der Waals surface area contributed by atoms with Gasteiger partial charge in [-0.15, -0.1) is 0 Å².